The average molecular weight is 477 g/mol. The highest BCUT2D eigenvalue weighted by Gasteiger charge is 2.45. The van der Waals surface area contributed by atoms with Gasteiger partial charge in [0.1, 0.15) is 6.61 Å². The lowest BCUT2D eigenvalue weighted by Crippen LogP contribution is -2.51. The van der Waals surface area contributed by atoms with Gasteiger partial charge in [-0.3, -0.25) is 9.59 Å². The molecule has 0 aliphatic heterocycles. The third-order valence-electron chi connectivity index (χ3n) is 8.23. The van der Waals surface area contributed by atoms with Gasteiger partial charge in [0.15, 0.2) is 0 Å². The summed E-state index contributed by atoms with van der Waals surface area (Å²) in [6.45, 7) is 0.559. The lowest BCUT2D eigenvalue weighted by atomic mass is 9.68. The van der Waals surface area contributed by atoms with Crippen LogP contribution in [0.1, 0.15) is 55.6 Å². The number of hydrogen-bond donors (Lipinski definition) is 3. The Labute approximate surface area is 205 Å². The van der Waals surface area contributed by atoms with Crippen molar-refractivity contribution >= 4 is 18.0 Å². The van der Waals surface area contributed by atoms with E-state index < -0.39 is 17.5 Å². The minimum Gasteiger partial charge on any atom is -0.481 e. The lowest BCUT2D eigenvalue weighted by molar-refractivity contribution is -0.154. The molecule has 2 saturated carbocycles. The van der Waals surface area contributed by atoms with Gasteiger partial charge >= 0.3 is 12.1 Å². The third-order valence-corrected chi connectivity index (χ3v) is 8.23. The fourth-order valence-corrected chi connectivity index (χ4v) is 5.62. The molecule has 2 fully saturated rings. The zero-order valence-corrected chi connectivity index (χ0v) is 19.8. The van der Waals surface area contributed by atoms with E-state index in [1.165, 1.54) is 11.1 Å². The average Bonchev–Trinajstić information content (AvgIpc) is 3.11. The lowest BCUT2D eigenvalue weighted by Gasteiger charge is -2.39. The molecule has 35 heavy (non-hydrogen) atoms. The number of fused-ring (bicyclic) bond motifs is 3. The van der Waals surface area contributed by atoms with E-state index in [1.807, 2.05) is 24.3 Å². The minimum atomic E-state index is -0.846. The van der Waals surface area contributed by atoms with Crippen LogP contribution in [0.4, 0.5) is 4.79 Å². The molecule has 0 aromatic heterocycles. The number of carbonyl (C=O) groups excluding carboxylic acids is 2. The van der Waals surface area contributed by atoms with Gasteiger partial charge in [-0.1, -0.05) is 61.4 Å². The topological polar surface area (TPSA) is 105 Å². The fourth-order valence-electron chi connectivity index (χ4n) is 5.62. The molecule has 2 aromatic carbocycles. The van der Waals surface area contributed by atoms with E-state index >= 15 is 0 Å². The number of nitrogens with one attached hydrogen (secondary N) is 2. The highest BCUT2D eigenvalue weighted by molar-refractivity contribution is 5.82. The number of carboxylic acid groups (broad SMARTS) is 1. The second-order valence-corrected chi connectivity index (χ2v) is 10.2. The zero-order chi connectivity index (χ0) is 24.4. The molecule has 3 aliphatic rings. The number of rotatable bonds is 9. The molecule has 3 aliphatic carbocycles. The molecule has 1 unspecified atom stereocenters. The Kier molecular flexibility index (Phi) is 6.50. The Hall–Kier alpha value is -3.35. The molecule has 0 saturated heterocycles. The van der Waals surface area contributed by atoms with Crippen LogP contribution in [0.5, 0.6) is 0 Å². The van der Waals surface area contributed by atoms with Gasteiger partial charge in [0.25, 0.3) is 0 Å². The van der Waals surface area contributed by atoms with E-state index in [0.717, 1.165) is 36.8 Å². The number of alkyl carbamates (subject to hydrolysis) is 1. The third kappa shape index (κ3) is 4.51. The molecule has 0 bridgehead atoms. The number of benzene rings is 2. The molecule has 3 N–H and O–H groups in total. The highest BCUT2D eigenvalue weighted by atomic mass is 16.5. The SMILES string of the molecule is O=C(NCC(C(=O)NCC1(C(=O)O)CCC1)C1CCC1)OCC1c2ccccc2-c2ccccc21. The maximum atomic E-state index is 12.9. The fraction of sp³-hybridized carbons (Fsp3) is 0.464. The van der Waals surface area contributed by atoms with Crippen molar-refractivity contribution in [2.45, 2.75) is 44.4 Å². The summed E-state index contributed by atoms with van der Waals surface area (Å²) in [7, 11) is 0. The summed E-state index contributed by atoms with van der Waals surface area (Å²) in [5.74, 6) is -1.23. The molecule has 0 heterocycles. The van der Waals surface area contributed by atoms with Crippen molar-refractivity contribution in [2.75, 3.05) is 19.7 Å². The number of amides is 2. The molecule has 184 valence electrons. The quantitative estimate of drug-likeness (QED) is 0.500. The Bertz CT molecular complexity index is 1080. The molecule has 1 atom stereocenters. The van der Waals surface area contributed by atoms with Gasteiger partial charge in [-0.05, 0) is 53.9 Å². The second kappa shape index (κ2) is 9.72. The molecular weight excluding hydrogens is 444 g/mol. The smallest absolute Gasteiger partial charge is 0.407 e. The van der Waals surface area contributed by atoms with Crippen molar-refractivity contribution in [1.29, 1.82) is 0 Å². The summed E-state index contributed by atoms with van der Waals surface area (Å²) in [6.07, 6.45) is 4.47. The molecule has 7 heteroatoms. The Morgan fingerprint density at radius 3 is 2.09 bits per heavy atom. The van der Waals surface area contributed by atoms with Crippen LogP contribution in [0.15, 0.2) is 48.5 Å². The van der Waals surface area contributed by atoms with Gasteiger partial charge in [0.2, 0.25) is 5.91 Å². The largest absolute Gasteiger partial charge is 0.481 e. The van der Waals surface area contributed by atoms with E-state index in [1.54, 1.807) is 0 Å². The van der Waals surface area contributed by atoms with E-state index in [9.17, 15) is 19.5 Å². The number of hydrogen-bond acceptors (Lipinski definition) is 4. The van der Waals surface area contributed by atoms with E-state index in [2.05, 4.69) is 34.9 Å². The summed E-state index contributed by atoms with van der Waals surface area (Å²) in [5, 5.41) is 15.2. The van der Waals surface area contributed by atoms with Crippen molar-refractivity contribution in [2.24, 2.45) is 17.3 Å². The molecule has 7 nitrogen and oxygen atoms in total. The number of aliphatic carboxylic acids is 1. The van der Waals surface area contributed by atoms with Crippen molar-refractivity contribution < 1.29 is 24.2 Å². The first-order valence-electron chi connectivity index (χ1n) is 12.6. The van der Waals surface area contributed by atoms with Crippen LogP contribution in [0.2, 0.25) is 0 Å². The summed E-state index contributed by atoms with van der Waals surface area (Å²) in [4.78, 5) is 37.2. The predicted octanol–water partition coefficient (Wildman–Crippen LogP) is 4.31. The highest BCUT2D eigenvalue weighted by Crippen LogP contribution is 2.44. The Morgan fingerprint density at radius 2 is 1.57 bits per heavy atom. The van der Waals surface area contributed by atoms with Gasteiger partial charge in [-0.25, -0.2) is 4.79 Å². The van der Waals surface area contributed by atoms with Crippen molar-refractivity contribution in [3.05, 3.63) is 59.7 Å². The zero-order valence-electron chi connectivity index (χ0n) is 19.8. The maximum Gasteiger partial charge on any atom is 0.407 e. The van der Waals surface area contributed by atoms with Crippen molar-refractivity contribution in [3.8, 4) is 11.1 Å². The van der Waals surface area contributed by atoms with Crippen molar-refractivity contribution in [3.63, 3.8) is 0 Å². The summed E-state index contributed by atoms with van der Waals surface area (Å²) in [6, 6.07) is 16.4. The number of ether oxygens (including phenoxy) is 1. The van der Waals surface area contributed by atoms with E-state index in [0.29, 0.717) is 12.8 Å². The van der Waals surface area contributed by atoms with Crippen LogP contribution in [0.25, 0.3) is 11.1 Å². The minimum absolute atomic E-state index is 0.0198. The van der Waals surface area contributed by atoms with Gasteiger partial charge in [0, 0.05) is 19.0 Å². The van der Waals surface area contributed by atoms with Crippen LogP contribution in [0, 0.1) is 17.3 Å². The predicted molar refractivity (Wildman–Crippen MR) is 131 cm³/mol. The van der Waals surface area contributed by atoms with E-state index in [4.69, 9.17) is 4.74 Å². The first kappa shape index (κ1) is 23.4. The maximum absolute atomic E-state index is 12.9. The van der Waals surface area contributed by atoms with Crippen molar-refractivity contribution in [1.82, 2.24) is 10.6 Å². The first-order chi connectivity index (χ1) is 17.0. The monoisotopic (exact) mass is 476 g/mol. The Balaban J connectivity index is 1.16. The molecule has 5 rings (SSSR count). The normalized spacial score (nSPS) is 18.9. The summed E-state index contributed by atoms with van der Waals surface area (Å²) >= 11 is 0. The van der Waals surface area contributed by atoms with Crippen LogP contribution in [-0.4, -0.2) is 42.8 Å². The first-order valence-corrected chi connectivity index (χ1v) is 12.6. The van der Waals surface area contributed by atoms with Crippen LogP contribution < -0.4 is 10.6 Å². The molecule has 2 aromatic rings. The molecule has 0 radical (unpaired) electrons. The van der Waals surface area contributed by atoms with Gasteiger partial charge in [-0.15, -0.1) is 0 Å². The van der Waals surface area contributed by atoms with Gasteiger partial charge < -0.3 is 20.5 Å². The van der Waals surface area contributed by atoms with Gasteiger partial charge in [0.05, 0.1) is 11.3 Å². The van der Waals surface area contributed by atoms with Crippen LogP contribution in [-0.2, 0) is 14.3 Å². The number of carboxylic acids is 1. The van der Waals surface area contributed by atoms with E-state index in [-0.39, 0.29) is 43.4 Å². The standard InChI is InChI=1S/C28H32N2O5/c31-25(30-17-28(26(32)33)13-6-14-28)23(18-7-5-8-18)15-29-27(34)35-16-24-21-11-3-1-9-19(21)20-10-2-4-12-22(20)24/h1-4,9-12,18,23-24H,5-8,13-17H2,(H,29,34)(H,30,31)(H,32,33). The number of carbonyl (C=O) groups is 3. The Morgan fingerprint density at radius 1 is 0.943 bits per heavy atom. The van der Waals surface area contributed by atoms with Gasteiger partial charge in [-0.2, -0.15) is 0 Å². The second-order valence-electron chi connectivity index (χ2n) is 10.2. The molecule has 2 amide bonds. The molecule has 0 spiro atoms. The van der Waals surface area contributed by atoms with Crippen LogP contribution in [0.3, 0.4) is 0 Å². The van der Waals surface area contributed by atoms with Crippen LogP contribution >= 0.6 is 0 Å². The molecular formula is C28H32N2O5. The summed E-state index contributed by atoms with van der Waals surface area (Å²) < 4.78 is 5.61. The summed E-state index contributed by atoms with van der Waals surface area (Å²) in [5.41, 5.74) is 3.81.